The second-order valence-corrected chi connectivity index (χ2v) is 9.13. The summed E-state index contributed by atoms with van der Waals surface area (Å²) in [7, 11) is 0. The Labute approximate surface area is 199 Å². The van der Waals surface area contributed by atoms with Gasteiger partial charge in [-0.05, 0) is 43.3 Å². The first-order valence-electron chi connectivity index (χ1n) is 10.2. The second-order valence-electron chi connectivity index (χ2n) is 7.17. The minimum Gasteiger partial charge on any atom is -0.324 e. The van der Waals surface area contributed by atoms with E-state index in [1.165, 1.54) is 23.5 Å². The van der Waals surface area contributed by atoms with Crippen LogP contribution in [0.3, 0.4) is 0 Å². The number of amides is 1. The molecule has 0 atom stereocenters. The number of para-hydroxylation sites is 2. The molecule has 0 spiro atoms. The highest BCUT2D eigenvalue weighted by Crippen LogP contribution is 2.27. The molecular formula is C25H20N4O2S2. The molecule has 0 unspecified atom stereocenters. The van der Waals surface area contributed by atoms with Crippen LogP contribution in [0.2, 0.25) is 0 Å². The van der Waals surface area contributed by atoms with Crippen LogP contribution in [0.25, 0.3) is 16.6 Å². The number of nitrogens with one attached hydrogen (secondary N) is 1. The Kier molecular flexibility index (Phi) is 7.13. The van der Waals surface area contributed by atoms with E-state index in [4.69, 9.17) is 5.26 Å². The number of hydrogen-bond donors (Lipinski definition) is 1. The van der Waals surface area contributed by atoms with E-state index < -0.39 is 0 Å². The first-order chi connectivity index (χ1) is 16.1. The number of nitrogens with zero attached hydrogens (tertiary/aromatic N) is 3. The van der Waals surface area contributed by atoms with Crippen LogP contribution in [-0.4, -0.2) is 27.0 Å². The average molecular weight is 473 g/mol. The van der Waals surface area contributed by atoms with Gasteiger partial charge in [-0.3, -0.25) is 14.2 Å². The van der Waals surface area contributed by atoms with Gasteiger partial charge >= 0.3 is 0 Å². The third kappa shape index (κ3) is 5.28. The highest BCUT2D eigenvalue weighted by atomic mass is 32.2. The number of rotatable bonds is 7. The number of thioether (sulfide) groups is 2. The van der Waals surface area contributed by atoms with Crippen molar-refractivity contribution in [1.29, 1.82) is 5.26 Å². The topological polar surface area (TPSA) is 87.8 Å². The number of carbonyl (C=O) groups excluding carboxylic acids is 1. The molecule has 8 heteroatoms. The van der Waals surface area contributed by atoms with Crippen LogP contribution in [0.5, 0.6) is 0 Å². The van der Waals surface area contributed by atoms with Crippen LogP contribution in [0, 0.1) is 18.3 Å². The molecule has 1 amide bonds. The number of fused-ring (bicyclic) bond motifs is 1. The Morgan fingerprint density at radius 1 is 1.03 bits per heavy atom. The van der Waals surface area contributed by atoms with Crippen molar-refractivity contribution in [2.45, 2.75) is 17.0 Å². The number of benzene rings is 3. The SMILES string of the molecule is Cc1ccc(-n2c(SCC(=O)Nc3ccccc3SCC#N)nc3ccccc3c2=O)cc1. The van der Waals surface area contributed by atoms with Gasteiger partial charge < -0.3 is 5.32 Å². The summed E-state index contributed by atoms with van der Waals surface area (Å²) >= 11 is 2.57. The Bertz CT molecular complexity index is 1410. The predicted octanol–water partition coefficient (Wildman–Crippen LogP) is 5.04. The lowest BCUT2D eigenvalue weighted by Gasteiger charge is -2.14. The number of anilines is 1. The van der Waals surface area contributed by atoms with Crippen molar-refractivity contribution in [1.82, 2.24) is 9.55 Å². The second kappa shape index (κ2) is 10.4. The van der Waals surface area contributed by atoms with Crippen LogP contribution in [-0.2, 0) is 4.79 Å². The molecule has 0 saturated carbocycles. The van der Waals surface area contributed by atoms with Crippen molar-refractivity contribution >= 4 is 46.0 Å². The first kappa shape index (κ1) is 22.6. The Morgan fingerprint density at radius 2 is 1.76 bits per heavy atom. The molecule has 3 aromatic carbocycles. The Hall–Kier alpha value is -3.54. The molecule has 6 nitrogen and oxygen atoms in total. The predicted molar refractivity (Wildman–Crippen MR) is 134 cm³/mol. The van der Waals surface area contributed by atoms with Gasteiger partial charge in [-0.2, -0.15) is 5.26 Å². The zero-order chi connectivity index (χ0) is 23.2. The molecule has 1 N–H and O–H groups in total. The molecule has 1 heterocycles. The molecule has 33 heavy (non-hydrogen) atoms. The molecule has 1 aromatic heterocycles. The van der Waals surface area contributed by atoms with E-state index in [-0.39, 0.29) is 17.2 Å². The van der Waals surface area contributed by atoms with Crippen molar-refractivity contribution in [3.63, 3.8) is 0 Å². The van der Waals surface area contributed by atoms with E-state index in [1.807, 2.05) is 61.5 Å². The Morgan fingerprint density at radius 3 is 2.55 bits per heavy atom. The van der Waals surface area contributed by atoms with Crippen LogP contribution < -0.4 is 10.9 Å². The summed E-state index contributed by atoms with van der Waals surface area (Å²) in [6.45, 7) is 1.98. The van der Waals surface area contributed by atoms with Crippen molar-refractivity contribution in [2.24, 2.45) is 0 Å². The van der Waals surface area contributed by atoms with E-state index in [2.05, 4.69) is 16.4 Å². The normalized spacial score (nSPS) is 10.7. The lowest BCUT2D eigenvalue weighted by atomic mass is 10.2. The molecule has 4 aromatic rings. The molecule has 0 aliphatic heterocycles. The number of nitriles is 1. The summed E-state index contributed by atoms with van der Waals surface area (Å²) in [5.74, 6) is 0.155. The minimum absolute atomic E-state index is 0.0773. The summed E-state index contributed by atoms with van der Waals surface area (Å²) in [5, 5.41) is 12.7. The van der Waals surface area contributed by atoms with Gasteiger partial charge in [-0.15, -0.1) is 11.8 Å². The van der Waals surface area contributed by atoms with Gasteiger partial charge in [0.05, 0.1) is 39.9 Å². The van der Waals surface area contributed by atoms with Crippen molar-refractivity contribution in [3.8, 4) is 11.8 Å². The maximum atomic E-state index is 13.3. The largest absolute Gasteiger partial charge is 0.324 e. The summed E-state index contributed by atoms with van der Waals surface area (Å²) in [5.41, 5.74) is 2.86. The standard InChI is InChI=1S/C25H20N4O2S2/c1-17-10-12-18(13-11-17)29-24(31)19-6-2-3-7-20(19)28-25(29)33-16-23(30)27-21-8-4-5-9-22(21)32-15-14-26/h2-13H,15-16H2,1H3,(H,27,30). The van der Waals surface area contributed by atoms with E-state index in [0.717, 1.165) is 10.5 Å². The smallest absolute Gasteiger partial charge is 0.266 e. The van der Waals surface area contributed by atoms with Crippen LogP contribution in [0.4, 0.5) is 5.69 Å². The van der Waals surface area contributed by atoms with Gasteiger partial charge in [0.15, 0.2) is 5.16 Å². The van der Waals surface area contributed by atoms with E-state index in [0.29, 0.717) is 33.2 Å². The van der Waals surface area contributed by atoms with Crippen LogP contribution in [0.15, 0.2) is 87.6 Å². The first-order valence-corrected chi connectivity index (χ1v) is 12.1. The maximum absolute atomic E-state index is 13.3. The van der Waals surface area contributed by atoms with E-state index >= 15 is 0 Å². The molecule has 164 valence electrons. The van der Waals surface area contributed by atoms with Gasteiger partial charge in [0.2, 0.25) is 5.91 Å². The van der Waals surface area contributed by atoms with Gasteiger partial charge in [-0.1, -0.05) is 53.7 Å². The molecule has 0 radical (unpaired) electrons. The Balaban J connectivity index is 1.62. The summed E-state index contributed by atoms with van der Waals surface area (Å²) in [6, 6.07) is 24.3. The lowest BCUT2D eigenvalue weighted by Crippen LogP contribution is -2.23. The summed E-state index contributed by atoms with van der Waals surface area (Å²) in [4.78, 5) is 31.5. The third-order valence-corrected chi connectivity index (χ3v) is 6.70. The highest BCUT2D eigenvalue weighted by Gasteiger charge is 2.15. The monoisotopic (exact) mass is 472 g/mol. The molecule has 0 aliphatic rings. The number of carbonyl (C=O) groups is 1. The molecule has 4 rings (SSSR count). The van der Waals surface area contributed by atoms with Crippen molar-refractivity contribution in [2.75, 3.05) is 16.8 Å². The number of aryl methyl sites for hydroxylation is 1. The molecule has 0 aliphatic carbocycles. The fraction of sp³-hybridized carbons (Fsp3) is 0.120. The summed E-state index contributed by atoms with van der Waals surface area (Å²) < 4.78 is 1.55. The number of aromatic nitrogens is 2. The van der Waals surface area contributed by atoms with Gasteiger partial charge in [-0.25, -0.2) is 4.98 Å². The molecule has 0 fully saturated rings. The third-order valence-electron chi connectivity index (χ3n) is 4.82. The van der Waals surface area contributed by atoms with Gasteiger partial charge in [0, 0.05) is 4.90 Å². The van der Waals surface area contributed by atoms with Gasteiger partial charge in [0.25, 0.3) is 5.56 Å². The van der Waals surface area contributed by atoms with Crippen LogP contribution in [0.1, 0.15) is 5.56 Å². The fourth-order valence-electron chi connectivity index (χ4n) is 3.25. The zero-order valence-corrected chi connectivity index (χ0v) is 19.5. The lowest BCUT2D eigenvalue weighted by molar-refractivity contribution is -0.113. The average Bonchev–Trinajstić information content (AvgIpc) is 2.83. The summed E-state index contributed by atoms with van der Waals surface area (Å²) in [6.07, 6.45) is 0. The fourth-order valence-corrected chi connectivity index (χ4v) is 4.73. The maximum Gasteiger partial charge on any atom is 0.266 e. The zero-order valence-electron chi connectivity index (χ0n) is 17.8. The quantitative estimate of drug-likeness (QED) is 0.299. The van der Waals surface area contributed by atoms with Crippen LogP contribution >= 0.6 is 23.5 Å². The van der Waals surface area contributed by atoms with E-state index in [1.54, 1.807) is 22.8 Å². The van der Waals surface area contributed by atoms with Gasteiger partial charge in [0.1, 0.15) is 0 Å². The molecular weight excluding hydrogens is 452 g/mol. The minimum atomic E-state index is -0.220. The van der Waals surface area contributed by atoms with E-state index in [9.17, 15) is 9.59 Å². The van der Waals surface area contributed by atoms with Crippen molar-refractivity contribution < 1.29 is 4.79 Å². The molecule has 0 bridgehead atoms. The number of hydrogen-bond acceptors (Lipinski definition) is 6. The molecule has 0 saturated heterocycles. The highest BCUT2D eigenvalue weighted by molar-refractivity contribution is 8.00. The van der Waals surface area contributed by atoms with Crippen molar-refractivity contribution in [3.05, 3.63) is 88.7 Å².